The molecule has 1 fully saturated rings. The highest BCUT2D eigenvalue weighted by Gasteiger charge is 2.33. The van der Waals surface area contributed by atoms with E-state index in [-0.39, 0.29) is 30.5 Å². The van der Waals surface area contributed by atoms with Crippen molar-refractivity contribution >= 4 is 5.91 Å². The van der Waals surface area contributed by atoms with Gasteiger partial charge in [0.15, 0.2) is 0 Å². The Kier molecular flexibility index (Phi) is 4.54. The van der Waals surface area contributed by atoms with Crippen LogP contribution in [0.25, 0.3) is 0 Å². The predicted molar refractivity (Wildman–Crippen MR) is 59.5 cm³/mol. The molecule has 0 aliphatic carbocycles. The summed E-state index contributed by atoms with van der Waals surface area (Å²) in [7, 11) is 0. The van der Waals surface area contributed by atoms with Crippen molar-refractivity contribution in [2.75, 3.05) is 19.7 Å². The Bertz CT molecular complexity index is 219. The number of aliphatic hydroxyl groups is 1. The molecule has 1 heterocycles. The van der Waals surface area contributed by atoms with Crippen molar-refractivity contribution in [3.8, 4) is 0 Å². The average Bonchev–Trinajstić information content (AvgIpc) is 2.59. The van der Waals surface area contributed by atoms with Gasteiger partial charge in [-0.3, -0.25) is 4.79 Å². The molecule has 0 aromatic carbocycles. The van der Waals surface area contributed by atoms with Crippen LogP contribution in [0.15, 0.2) is 0 Å². The lowest BCUT2D eigenvalue weighted by Gasteiger charge is -2.29. The number of nitrogens with one attached hydrogen (secondary N) is 1. The highest BCUT2D eigenvalue weighted by atomic mass is 16.3. The van der Waals surface area contributed by atoms with Gasteiger partial charge in [-0.2, -0.15) is 0 Å². The molecule has 0 aromatic heterocycles. The Balaban J connectivity index is 2.62. The molecular formula is C11H22N2O2. The van der Waals surface area contributed by atoms with Crippen LogP contribution in [0.2, 0.25) is 0 Å². The van der Waals surface area contributed by atoms with Crippen LogP contribution < -0.4 is 5.32 Å². The van der Waals surface area contributed by atoms with Crippen molar-refractivity contribution in [3.05, 3.63) is 0 Å². The molecule has 2 N–H and O–H groups in total. The molecule has 1 rings (SSSR count). The lowest BCUT2D eigenvalue weighted by Crippen LogP contribution is -2.45. The lowest BCUT2D eigenvalue weighted by atomic mass is 9.99. The van der Waals surface area contributed by atoms with Gasteiger partial charge in [0, 0.05) is 18.6 Å². The van der Waals surface area contributed by atoms with Gasteiger partial charge in [0.25, 0.3) is 0 Å². The van der Waals surface area contributed by atoms with E-state index in [4.69, 9.17) is 5.11 Å². The Labute approximate surface area is 91.6 Å². The molecule has 4 nitrogen and oxygen atoms in total. The molecule has 2 unspecified atom stereocenters. The minimum atomic E-state index is 0.0401. The normalized spacial score (nSPS) is 25.9. The van der Waals surface area contributed by atoms with E-state index in [2.05, 4.69) is 5.32 Å². The lowest BCUT2D eigenvalue weighted by molar-refractivity contribution is -0.138. The standard InChI is InChI=1S/C11H22N2O2/c1-8(2)13(6-7-14)11(15)10-4-5-12-9(10)3/h8-10,12,14H,4-7H2,1-3H3. The maximum atomic E-state index is 12.2. The third-order valence-electron chi connectivity index (χ3n) is 3.09. The minimum Gasteiger partial charge on any atom is -0.395 e. The zero-order valence-electron chi connectivity index (χ0n) is 9.86. The maximum Gasteiger partial charge on any atom is 0.227 e. The molecule has 0 saturated carbocycles. The largest absolute Gasteiger partial charge is 0.395 e. The van der Waals surface area contributed by atoms with E-state index in [0.717, 1.165) is 13.0 Å². The first-order valence-corrected chi connectivity index (χ1v) is 5.72. The molecule has 1 aliphatic heterocycles. The van der Waals surface area contributed by atoms with E-state index in [0.29, 0.717) is 6.54 Å². The van der Waals surface area contributed by atoms with Crippen LogP contribution in [-0.4, -0.2) is 47.7 Å². The van der Waals surface area contributed by atoms with Crippen molar-refractivity contribution in [3.63, 3.8) is 0 Å². The monoisotopic (exact) mass is 214 g/mol. The second-order valence-electron chi connectivity index (χ2n) is 4.49. The Morgan fingerprint density at radius 1 is 1.60 bits per heavy atom. The van der Waals surface area contributed by atoms with E-state index in [1.807, 2.05) is 20.8 Å². The molecule has 0 spiro atoms. The number of hydrogen-bond donors (Lipinski definition) is 2. The van der Waals surface area contributed by atoms with Crippen molar-refractivity contribution in [2.45, 2.75) is 39.3 Å². The van der Waals surface area contributed by atoms with E-state index in [1.54, 1.807) is 4.90 Å². The van der Waals surface area contributed by atoms with Crippen LogP contribution in [0, 0.1) is 5.92 Å². The SMILES string of the molecule is CC1NCCC1C(=O)N(CCO)C(C)C. The molecule has 88 valence electrons. The summed E-state index contributed by atoms with van der Waals surface area (Å²) in [4.78, 5) is 13.9. The van der Waals surface area contributed by atoms with Crippen LogP contribution in [0.5, 0.6) is 0 Å². The number of nitrogens with zero attached hydrogens (tertiary/aromatic N) is 1. The van der Waals surface area contributed by atoms with Gasteiger partial charge in [-0.15, -0.1) is 0 Å². The van der Waals surface area contributed by atoms with Gasteiger partial charge in [-0.05, 0) is 33.7 Å². The van der Waals surface area contributed by atoms with Crippen LogP contribution in [-0.2, 0) is 4.79 Å². The van der Waals surface area contributed by atoms with E-state index >= 15 is 0 Å². The maximum absolute atomic E-state index is 12.2. The number of hydrogen-bond acceptors (Lipinski definition) is 3. The summed E-state index contributed by atoms with van der Waals surface area (Å²) in [5.74, 6) is 0.260. The predicted octanol–water partition coefficient (Wildman–Crippen LogP) is 0.214. The summed E-state index contributed by atoms with van der Waals surface area (Å²) in [5, 5.41) is 12.2. The summed E-state index contributed by atoms with van der Waals surface area (Å²) in [6, 6.07) is 0.426. The van der Waals surface area contributed by atoms with Gasteiger partial charge in [-0.1, -0.05) is 0 Å². The fraction of sp³-hybridized carbons (Fsp3) is 0.909. The number of carbonyl (C=O) groups is 1. The van der Waals surface area contributed by atoms with Crippen molar-refractivity contribution in [2.24, 2.45) is 5.92 Å². The van der Waals surface area contributed by atoms with Crippen LogP contribution in [0.1, 0.15) is 27.2 Å². The summed E-state index contributed by atoms with van der Waals surface area (Å²) < 4.78 is 0. The van der Waals surface area contributed by atoms with Gasteiger partial charge in [-0.25, -0.2) is 0 Å². The minimum absolute atomic E-state index is 0.0401. The number of aliphatic hydroxyl groups excluding tert-OH is 1. The zero-order valence-corrected chi connectivity index (χ0v) is 9.86. The summed E-state index contributed by atoms with van der Waals surface area (Å²) >= 11 is 0. The van der Waals surface area contributed by atoms with Crippen molar-refractivity contribution < 1.29 is 9.90 Å². The van der Waals surface area contributed by atoms with Crippen LogP contribution >= 0.6 is 0 Å². The van der Waals surface area contributed by atoms with E-state index in [9.17, 15) is 4.79 Å². The van der Waals surface area contributed by atoms with Crippen LogP contribution in [0.4, 0.5) is 0 Å². The molecular weight excluding hydrogens is 192 g/mol. The van der Waals surface area contributed by atoms with E-state index < -0.39 is 0 Å². The molecule has 1 aliphatic rings. The highest BCUT2D eigenvalue weighted by molar-refractivity contribution is 5.80. The first-order chi connectivity index (χ1) is 7.07. The zero-order chi connectivity index (χ0) is 11.4. The van der Waals surface area contributed by atoms with E-state index in [1.165, 1.54) is 0 Å². The van der Waals surface area contributed by atoms with Gasteiger partial charge in [0.05, 0.1) is 12.5 Å². The fourth-order valence-electron chi connectivity index (χ4n) is 2.14. The first kappa shape index (κ1) is 12.5. The van der Waals surface area contributed by atoms with Crippen LogP contribution in [0.3, 0.4) is 0 Å². The molecule has 4 heteroatoms. The highest BCUT2D eigenvalue weighted by Crippen LogP contribution is 2.19. The molecule has 0 radical (unpaired) electrons. The molecule has 15 heavy (non-hydrogen) atoms. The summed E-state index contributed by atoms with van der Waals surface area (Å²) in [5.41, 5.74) is 0. The van der Waals surface area contributed by atoms with Gasteiger partial charge in [0.1, 0.15) is 0 Å². The number of amides is 1. The summed E-state index contributed by atoms with van der Waals surface area (Å²) in [6.45, 7) is 7.43. The quantitative estimate of drug-likeness (QED) is 0.703. The third kappa shape index (κ3) is 2.92. The summed E-state index contributed by atoms with van der Waals surface area (Å²) in [6.07, 6.45) is 0.911. The fourth-order valence-corrected chi connectivity index (χ4v) is 2.14. The number of carbonyl (C=O) groups excluding carboxylic acids is 1. The van der Waals surface area contributed by atoms with Crippen molar-refractivity contribution in [1.82, 2.24) is 10.2 Å². The average molecular weight is 214 g/mol. The molecule has 2 atom stereocenters. The van der Waals surface area contributed by atoms with Gasteiger partial charge >= 0.3 is 0 Å². The van der Waals surface area contributed by atoms with Crippen molar-refractivity contribution in [1.29, 1.82) is 0 Å². The smallest absolute Gasteiger partial charge is 0.227 e. The Morgan fingerprint density at radius 3 is 2.67 bits per heavy atom. The molecule has 0 aromatic rings. The third-order valence-corrected chi connectivity index (χ3v) is 3.09. The molecule has 1 amide bonds. The molecule has 0 bridgehead atoms. The van der Waals surface area contributed by atoms with Gasteiger partial charge in [0.2, 0.25) is 5.91 Å². The topological polar surface area (TPSA) is 52.6 Å². The number of rotatable bonds is 4. The second-order valence-corrected chi connectivity index (χ2v) is 4.49. The second kappa shape index (κ2) is 5.47. The first-order valence-electron chi connectivity index (χ1n) is 5.72. The molecule has 1 saturated heterocycles. The Morgan fingerprint density at radius 2 is 2.27 bits per heavy atom. The Hall–Kier alpha value is -0.610. The van der Waals surface area contributed by atoms with Gasteiger partial charge < -0.3 is 15.3 Å².